The fourth-order valence-corrected chi connectivity index (χ4v) is 7.36. The first-order valence-electron chi connectivity index (χ1n) is 17.0. The summed E-state index contributed by atoms with van der Waals surface area (Å²) in [7, 11) is 7.53. The Morgan fingerprint density at radius 1 is 1.08 bits per heavy atom. The van der Waals surface area contributed by atoms with E-state index in [1.54, 1.807) is 43.3 Å². The number of quaternary nitrogens is 1. The summed E-state index contributed by atoms with van der Waals surface area (Å²) in [6.07, 6.45) is 2.31. The third kappa shape index (κ3) is 7.39. The SMILES string of the molecule is COCCn1nc(C)c(-c2ccc(-c3cnc(C(=O)Nc4ccc(C(=O)N5CCN(C(=O)C6CC[N+](C)(C)C6)CC5)c(Cl)c4)n3C)c(F)n2)c1C. The van der Waals surface area contributed by atoms with E-state index >= 15 is 4.39 Å². The number of halogens is 2. The predicted molar refractivity (Wildman–Crippen MR) is 191 cm³/mol. The van der Waals surface area contributed by atoms with Crippen LogP contribution < -0.4 is 5.32 Å². The lowest BCUT2D eigenvalue weighted by Crippen LogP contribution is -2.52. The molecule has 0 spiro atoms. The van der Waals surface area contributed by atoms with Gasteiger partial charge in [-0.3, -0.25) is 19.1 Å². The van der Waals surface area contributed by atoms with Gasteiger partial charge in [0.25, 0.3) is 11.8 Å². The Bertz CT molecular complexity index is 1980. The largest absolute Gasteiger partial charge is 0.383 e. The topological polar surface area (TPSA) is 127 Å². The van der Waals surface area contributed by atoms with Gasteiger partial charge in [0.15, 0.2) is 5.82 Å². The van der Waals surface area contributed by atoms with E-state index in [9.17, 15) is 14.4 Å². The van der Waals surface area contributed by atoms with Crippen LogP contribution in [0.5, 0.6) is 0 Å². The molecule has 0 aliphatic carbocycles. The zero-order valence-corrected chi connectivity index (χ0v) is 30.6. The van der Waals surface area contributed by atoms with Crippen LogP contribution in [0.15, 0.2) is 36.5 Å². The van der Waals surface area contributed by atoms with Crippen LogP contribution in [0.4, 0.5) is 10.1 Å². The van der Waals surface area contributed by atoms with Gasteiger partial charge in [-0.2, -0.15) is 9.49 Å². The standard InChI is InChI=1S/C36H43ClFN9O4/c1-22-31(23(2)46(42-22)16-18-51-6)29-10-9-27(32(38)41-29)30-20-39-33(43(30)3)34(48)40-25-7-8-26(28(37)19-25)36(50)45-14-12-44(13-15-45)35(49)24-11-17-47(4,5)21-24/h7-10,19-20,24H,11-18,21H2,1-6H3/p+1. The molecular formula is C36H44ClFN9O4+. The van der Waals surface area contributed by atoms with Gasteiger partial charge in [0.05, 0.1) is 85.7 Å². The smallest absolute Gasteiger partial charge is 0.291 e. The first kappa shape index (κ1) is 36.1. The average molecular weight is 721 g/mol. The highest BCUT2D eigenvalue weighted by molar-refractivity contribution is 6.34. The second-order valence-electron chi connectivity index (χ2n) is 13.9. The molecule has 3 aromatic heterocycles. The lowest BCUT2D eigenvalue weighted by Gasteiger charge is -2.36. The molecule has 2 fully saturated rings. The van der Waals surface area contributed by atoms with E-state index in [2.05, 4.69) is 34.5 Å². The number of methoxy groups -OCH3 is 1. The molecule has 270 valence electrons. The number of pyridine rings is 1. The summed E-state index contributed by atoms with van der Waals surface area (Å²) in [6, 6.07) is 8.03. The van der Waals surface area contributed by atoms with Crippen LogP contribution in [-0.4, -0.2) is 123 Å². The fourth-order valence-electron chi connectivity index (χ4n) is 7.10. The number of ether oxygens (including phenoxy) is 1. The lowest BCUT2D eigenvalue weighted by atomic mass is 10.1. The van der Waals surface area contributed by atoms with Crippen molar-refractivity contribution in [1.29, 1.82) is 0 Å². The van der Waals surface area contributed by atoms with Crippen LogP contribution in [-0.2, 0) is 23.1 Å². The van der Waals surface area contributed by atoms with E-state index in [1.165, 1.54) is 16.8 Å². The number of anilines is 1. The van der Waals surface area contributed by atoms with Gasteiger partial charge < -0.3 is 28.9 Å². The number of rotatable bonds is 9. The van der Waals surface area contributed by atoms with Crippen molar-refractivity contribution in [3.05, 3.63) is 70.3 Å². The molecule has 1 atom stereocenters. The third-order valence-corrected chi connectivity index (χ3v) is 10.3. The first-order valence-corrected chi connectivity index (χ1v) is 17.4. The second kappa shape index (κ2) is 14.5. The zero-order chi connectivity index (χ0) is 36.6. The summed E-state index contributed by atoms with van der Waals surface area (Å²) in [5.41, 5.74) is 4.03. The fraction of sp³-hybridized carbons (Fsp3) is 0.444. The van der Waals surface area contributed by atoms with Crippen LogP contribution in [0.2, 0.25) is 5.02 Å². The van der Waals surface area contributed by atoms with Gasteiger partial charge in [0, 0.05) is 63.7 Å². The summed E-state index contributed by atoms with van der Waals surface area (Å²) in [6.45, 7) is 8.46. The third-order valence-electron chi connectivity index (χ3n) is 9.94. The van der Waals surface area contributed by atoms with Crippen molar-refractivity contribution in [2.75, 3.05) is 72.4 Å². The van der Waals surface area contributed by atoms with Crippen LogP contribution in [0.25, 0.3) is 22.5 Å². The van der Waals surface area contributed by atoms with E-state index in [-0.39, 0.29) is 34.1 Å². The van der Waals surface area contributed by atoms with Gasteiger partial charge in [-0.25, -0.2) is 9.97 Å². The van der Waals surface area contributed by atoms with Gasteiger partial charge in [-0.1, -0.05) is 11.6 Å². The molecule has 4 aromatic rings. The number of hydrogen-bond acceptors (Lipinski definition) is 7. The Morgan fingerprint density at radius 3 is 2.45 bits per heavy atom. The number of aromatic nitrogens is 5. The summed E-state index contributed by atoms with van der Waals surface area (Å²) in [4.78, 5) is 51.8. The average Bonchev–Trinajstić information content (AvgIpc) is 3.75. The molecule has 15 heteroatoms. The first-order chi connectivity index (χ1) is 24.3. The quantitative estimate of drug-likeness (QED) is 0.204. The van der Waals surface area contributed by atoms with E-state index in [0.717, 1.165) is 40.9 Å². The maximum Gasteiger partial charge on any atom is 0.291 e. The molecular weight excluding hydrogens is 677 g/mol. The monoisotopic (exact) mass is 720 g/mol. The number of nitrogens with zero attached hydrogens (tertiary/aromatic N) is 8. The Morgan fingerprint density at radius 2 is 1.80 bits per heavy atom. The number of aryl methyl sites for hydroxylation is 1. The molecule has 13 nitrogen and oxygen atoms in total. The maximum atomic E-state index is 15.5. The van der Waals surface area contributed by atoms with Crippen molar-refractivity contribution in [3.63, 3.8) is 0 Å². The number of likely N-dealkylation sites (tertiary alicyclic amines) is 1. The minimum atomic E-state index is -0.705. The highest BCUT2D eigenvalue weighted by Crippen LogP contribution is 2.30. The van der Waals surface area contributed by atoms with Gasteiger partial charge in [0.1, 0.15) is 0 Å². The summed E-state index contributed by atoms with van der Waals surface area (Å²) >= 11 is 6.55. The number of amides is 3. The van der Waals surface area contributed by atoms with Crippen LogP contribution >= 0.6 is 11.6 Å². The summed E-state index contributed by atoms with van der Waals surface area (Å²) < 4.78 is 24.8. The Labute approximate surface area is 301 Å². The normalized spacial score (nSPS) is 17.2. The predicted octanol–water partition coefficient (Wildman–Crippen LogP) is 4.03. The summed E-state index contributed by atoms with van der Waals surface area (Å²) in [5.74, 6) is -1.23. The van der Waals surface area contributed by atoms with Crippen LogP contribution in [0.3, 0.4) is 0 Å². The van der Waals surface area contributed by atoms with Crippen molar-refractivity contribution in [2.45, 2.75) is 26.8 Å². The van der Waals surface area contributed by atoms with Gasteiger partial charge >= 0.3 is 0 Å². The van der Waals surface area contributed by atoms with E-state index in [0.29, 0.717) is 62.0 Å². The van der Waals surface area contributed by atoms with Crippen LogP contribution in [0.1, 0.15) is 38.8 Å². The highest BCUT2D eigenvalue weighted by Gasteiger charge is 2.38. The number of benzene rings is 1. The minimum Gasteiger partial charge on any atom is -0.383 e. The molecule has 1 aromatic carbocycles. The Kier molecular flexibility index (Phi) is 10.3. The molecule has 51 heavy (non-hydrogen) atoms. The van der Waals surface area contributed by atoms with Crippen molar-refractivity contribution in [2.24, 2.45) is 13.0 Å². The van der Waals surface area contributed by atoms with Crippen molar-refractivity contribution >= 4 is 35.0 Å². The second-order valence-corrected chi connectivity index (χ2v) is 14.3. The van der Waals surface area contributed by atoms with E-state index in [4.69, 9.17) is 16.3 Å². The molecule has 2 aliphatic rings. The van der Waals surface area contributed by atoms with Crippen LogP contribution in [0, 0.1) is 25.7 Å². The zero-order valence-electron chi connectivity index (χ0n) is 29.9. The van der Waals surface area contributed by atoms with Gasteiger partial charge in [-0.15, -0.1) is 0 Å². The van der Waals surface area contributed by atoms with Gasteiger partial charge in [-0.05, 0) is 44.2 Å². The molecule has 0 bridgehead atoms. The number of piperazine rings is 1. The Balaban J connectivity index is 1.09. The number of hydrogen-bond donors (Lipinski definition) is 1. The summed E-state index contributed by atoms with van der Waals surface area (Å²) in [5, 5.41) is 7.50. The van der Waals surface area contributed by atoms with Crippen molar-refractivity contribution in [1.82, 2.24) is 34.1 Å². The molecule has 6 rings (SSSR count). The molecule has 1 N–H and O–H groups in total. The molecule has 0 radical (unpaired) electrons. The van der Waals surface area contributed by atoms with Crippen molar-refractivity contribution < 1.29 is 28.0 Å². The molecule has 5 heterocycles. The molecule has 1 unspecified atom stereocenters. The molecule has 3 amide bonds. The van der Waals surface area contributed by atoms with E-state index < -0.39 is 11.9 Å². The Hall–Kier alpha value is -4.66. The van der Waals surface area contributed by atoms with Gasteiger partial charge in [0.2, 0.25) is 11.9 Å². The maximum absolute atomic E-state index is 15.5. The number of carbonyl (C=O) groups excluding carboxylic acids is 3. The lowest BCUT2D eigenvalue weighted by molar-refractivity contribution is -0.878. The molecule has 0 saturated carbocycles. The van der Waals surface area contributed by atoms with E-state index in [1.807, 2.05) is 23.4 Å². The minimum absolute atomic E-state index is 0.0318. The highest BCUT2D eigenvalue weighted by atomic mass is 35.5. The molecule has 2 saturated heterocycles. The number of nitrogens with one attached hydrogen (secondary N) is 1. The number of carbonyl (C=O) groups is 3. The number of imidazole rings is 1. The molecule has 2 aliphatic heterocycles. The van der Waals surface area contributed by atoms with Crippen molar-refractivity contribution in [3.8, 4) is 22.5 Å².